The van der Waals surface area contributed by atoms with Gasteiger partial charge in [-0.2, -0.15) is 0 Å². The predicted octanol–water partition coefficient (Wildman–Crippen LogP) is 5.66. The molecule has 2 N–H and O–H groups in total. The molecule has 8 nitrogen and oxygen atoms in total. The Morgan fingerprint density at radius 3 is 2.22 bits per heavy atom. The molecule has 182 valence electrons. The number of urea groups is 1. The van der Waals surface area contributed by atoms with Gasteiger partial charge in [0.2, 0.25) is 0 Å². The Morgan fingerprint density at radius 1 is 0.944 bits per heavy atom. The largest absolute Gasteiger partial charge is 0.481 e. The van der Waals surface area contributed by atoms with Gasteiger partial charge in [0.15, 0.2) is 6.61 Å². The Hall–Kier alpha value is -3.28. The molecule has 4 rings (SSSR count). The summed E-state index contributed by atoms with van der Waals surface area (Å²) >= 11 is 10.1. The van der Waals surface area contributed by atoms with E-state index in [9.17, 15) is 19.2 Å². The van der Waals surface area contributed by atoms with Gasteiger partial charge in [-0.3, -0.25) is 19.7 Å². The van der Waals surface area contributed by atoms with Gasteiger partial charge in [0.1, 0.15) is 11.3 Å². The van der Waals surface area contributed by atoms with Crippen LogP contribution in [0.4, 0.5) is 16.2 Å². The van der Waals surface area contributed by atoms with E-state index in [1.807, 2.05) is 18.2 Å². The average molecular weight is 678 g/mol. The third kappa shape index (κ3) is 5.92. The van der Waals surface area contributed by atoms with Crippen LogP contribution in [0.15, 0.2) is 85.7 Å². The number of nitrogens with one attached hydrogen (secondary N) is 2. The molecule has 3 aromatic rings. The highest BCUT2D eigenvalue weighted by Crippen LogP contribution is 2.36. The van der Waals surface area contributed by atoms with Crippen molar-refractivity contribution in [1.29, 1.82) is 0 Å². The lowest BCUT2D eigenvalue weighted by molar-refractivity contribution is -0.122. The zero-order valence-corrected chi connectivity index (χ0v) is 23.0. The summed E-state index contributed by atoms with van der Waals surface area (Å²) in [4.78, 5) is 51.0. The fourth-order valence-electron chi connectivity index (χ4n) is 3.31. The summed E-state index contributed by atoms with van der Waals surface area (Å²) in [5.41, 5.74) is 1.24. The van der Waals surface area contributed by atoms with E-state index in [4.69, 9.17) is 4.74 Å². The predicted molar refractivity (Wildman–Crippen MR) is 146 cm³/mol. The first-order valence-electron chi connectivity index (χ1n) is 10.4. The van der Waals surface area contributed by atoms with Gasteiger partial charge < -0.3 is 10.1 Å². The van der Waals surface area contributed by atoms with E-state index in [0.29, 0.717) is 31.6 Å². The van der Waals surface area contributed by atoms with Crippen LogP contribution in [-0.4, -0.2) is 30.4 Å². The van der Waals surface area contributed by atoms with Crippen LogP contribution in [0.25, 0.3) is 6.08 Å². The zero-order valence-electron chi connectivity index (χ0n) is 18.3. The number of nitrogens with zero attached hydrogens (tertiary/aromatic N) is 1. The molecule has 0 saturated carbocycles. The van der Waals surface area contributed by atoms with E-state index in [-0.39, 0.29) is 18.1 Å². The number of para-hydroxylation sites is 1. The molecule has 0 radical (unpaired) electrons. The molecule has 3 aromatic carbocycles. The first-order valence-corrected chi connectivity index (χ1v) is 12.7. The number of halogens is 3. The molecule has 0 unspecified atom stereocenters. The number of benzene rings is 3. The van der Waals surface area contributed by atoms with Gasteiger partial charge >= 0.3 is 6.03 Å². The van der Waals surface area contributed by atoms with Gasteiger partial charge in [0, 0.05) is 10.2 Å². The van der Waals surface area contributed by atoms with Crippen LogP contribution in [0, 0.1) is 0 Å². The topological polar surface area (TPSA) is 105 Å². The second kappa shape index (κ2) is 11.2. The molecule has 1 aliphatic rings. The molecular formula is C25H16Br3N3O5. The Morgan fingerprint density at radius 2 is 1.58 bits per heavy atom. The number of carbonyl (C=O) groups excluding carboxylic acids is 4. The number of imide groups is 2. The van der Waals surface area contributed by atoms with Crippen molar-refractivity contribution in [2.75, 3.05) is 16.8 Å². The molecule has 1 heterocycles. The van der Waals surface area contributed by atoms with Gasteiger partial charge in [-0.15, -0.1) is 0 Å². The maximum absolute atomic E-state index is 13.1. The van der Waals surface area contributed by atoms with Crippen LogP contribution >= 0.6 is 47.8 Å². The van der Waals surface area contributed by atoms with Crippen molar-refractivity contribution >= 4 is 89.0 Å². The highest BCUT2D eigenvalue weighted by atomic mass is 79.9. The molecule has 5 amide bonds. The van der Waals surface area contributed by atoms with Gasteiger partial charge in [-0.25, -0.2) is 9.69 Å². The quantitative estimate of drug-likeness (QED) is 0.259. The van der Waals surface area contributed by atoms with E-state index < -0.39 is 17.8 Å². The van der Waals surface area contributed by atoms with Gasteiger partial charge in [0.05, 0.1) is 14.6 Å². The van der Waals surface area contributed by atoms with Gasteiger partial charge in [-0.1, -0.05) is 34.1 Å². The summed E-state index contributed by atoms with van der Waals surface area (Å²) in [6.45, 7) is -0.238. The lowest BCUT2D eigenvalue weighted by Crippen LogP contribution is -2.54. The summed E-state index contributed by atoms with van der Waals surface area (Å²) in [6, 6.07) is 18.0. The Labute approximate surface area is 231 Å². The minimum Gasteiger partial charge on any atom is -0.481 e. The van der Waals surface area contributed by atoms with Crippen molar-refractivity contribution in [1.82, 2.24) is 5.32 Å². The van der Waals surface area contributed by atoms with E-state index in [1.54, 1.807) is 48.5 Å². The van der Waals surface area contributed by atoms with E-state index in [0.717, 1.165) is 9.37 Å². The van der Waals surface area contributed by atoms with Crippen molar-refractivity contribution in [2.24, 2.45) is 0 Å². The van der Waals surface area contributed by atoms with E-state index in [2.05, 4.69) is 58.4 Å². The monoisotopic (exact) mass is 675 g/mol. The van der Waals surface area contributed by atoms with Crippen molar-refractivity contribution in [3.05, 3.63) is 91.3 Å². The lowest BCUT2D eigenvalue weighted by atomic mass is 10.1. The van der Waals surface area contributed by atoms with Gasteiger partial charge in [0.25, 0.3) is 17.7 Å². The zero-order chi connectivity index (χ0) is 25.8. The number of hydrogen-bond acceptors (Lipinski definition) is 5. The molecule has 0 aromatic heterocycles. The molecule has 0 aliphatic carbocycles. The number of ether oxygens (including phenoxy) is 1. The van der Waals surface area contributed by atoms with Crippen LogP contribution in [0.2, 0.25) is 0 Å². The Bertz CT molecular complexity index is 1370. The first-order chi connectivity index (χ1) is 17.2. The second-order valence-electron chi connectivity index (χ2n) is 7.45. The second-order valence-corrected chi connectivity index (χ2v) is 10.1. The summed E-state index contributed by atoms with van der Waals surface area (Å²) in [7, 11) is 0. The molecule has 1 fully saturated rings. The lowest BCUT2D eigenvalue weighted by Gasteiger charge is -2.26. The molecule has 1 aliphatic heterocycles. The highest BCUT2D eigenvalue weighted by Gasteiger charge is 2.36. The Kier molecular flexibility index (Phi) is 8.02. The number of rotatable bonds is 6. The molecule has 36 heavy (non-hydrogen) atoms. The van der Waals surface area contributed by atoms with Crippen molar-refractivity contribution in [3.8, 4) is 5.75 Å². The van der Waals surface area contributed by atoms with Crippen LogP contribution in [0.1, 0.15) is 5.56 Å². The third-order valence-electron chi connectivity index (χ3n) is 4.92. The maximum Gasteiger partial charge on any atom is 0.335 e. The fraction of sp³-hybridized carbons (Fsp3) is 0.0400. The van der Waals surface area contributed by atoms with Crippen LogP contribution in [-0.2, 0) is 14.4 Å². The standard InChI is InChI=1S/C25H16Br3N3O5/c26-15-6-8-17(9-7-15)31-24(34)18(23(33)30-25(31)35)10-14-11-19(27)22(20(28)12-14)36-13-21(32)29-16-4-2-1-3-5-16/h1-12H,13H2,(H,29,32)(H,30,33,35)/b18-10+. The SMILES string of the molecule is O=C(COc1c(Br)cc(/C=C2\C(=O)NC(=O)N(c3ccc(Br)cc3)C2=O)cc1Br)Nc1ccccc1. The number of amides is 5. The molecule has 0 bridgehead atoms. The number of hydrogen-bond donors (Lipinski definition) is 2. The first kappa shape index (κ1) is 25.8. The molecular weight excluding hydrogens is 662 g/mol. The number of carbonyl (C=O) groups is 4. The van der Waals surface area contributed by atoms with Crippen molar-refractivity contribution in [3.63, 3.8) is 0 Å². The average Bonchev–Trinajstić information content (AvgIpc) is 2.83. The summed E-state index contributed by atoms with van der Waals surface area (Å²) < 4.78 is 7.41. The summed E-state index contributed by atoms with van der Waals surface area (Å²) in [5.74, 6) is -1.53. The summed E-state index contributed by atoms with van der Waals surface area (Å²) in [6.07, 6.45) is 1.37. The highest BCUT2D eigenvalue weighted by molar-refractivity contribution is 9.11. The minimum absolute atomic E-state index is 0.216. The number of anilines is 2. The molecule has 1 saturated heterocycles. The fourth-order valence-corrected chi connectivity index (χ4v) is 5.02. The minimum atomic E-state index is -0.829. The van der Waals surface area contributed by atoms with E-state index in [1.165, 1.54) is 6.08 Å². The Balaban J connectivity index is 1.53. The molecule has 0 atom stereocenters. The summed E-state index contributed by atoms with van der Waals surface area (Å²) in [5, 5.41) is 4.92. The maximum atomic E-state index is 13.1. The number of barbiturate groups is 1. The molecule has 11 heteroatoms. The van der Waals surface area contributed by atoms with Crippen molar-refractivity contribution in [2.45, 2.75) is 0 Å². The van der Waals surface area contributed by atoms with Crippen LogP contribution in [0.5, 0.6) is 5.75 Å². The van der Waals surface area contributed by atoms with Crippen LogP contribution in [0.3, 0.4) is 0 Å². The van der Waals surface area contributed by atoms with E-state index >= 15 is 0 Å². The van der Waals surface area contributed by atoms with Crippen LogP contribution < -0.4 is 20.3 Å². The normalized spacial score (nSPS) is 14.6. The smallest absolute Gasteiger partial charge is 0.335 e. The van der Waals surface area contributed by atoms with Gasteiger partial charge in [-0.05, 0) is 92.0 Å². The molecule has 0 spiro atoms. The van der Waals surface area contributed by atoms with Crippen molar-refractivity contribution < 1.29 is 23.9 Å². The third-order valence-corrected chi connectivity index (χ3v) is 6.63.